The van der Waals surface area contributed by atoms with E-state index in [9.17, 15) is 19.2 Å². The molecule has 49 heavy (non-hydrogen) atoms. The van der Waals surface area contributed by atoms with E-state index in [4.69, 9.17) is 28.4 Å². The summed E-state index contributed by atoms with van der Waals surface area (Å²) in [5.41, 5.74) is 5.36. The van der Waals surface area contributed by atoms with Crippen molar-refractivity contribution in [1.82, 2.24) is 0 Å². The van der Waals surface area contributed by atoms with Gasteiger partial charge in [-0.05, 0) is 108 Å². The summed E-state index contributed by atoms with van der Waals surface area (Å²) >= 11 is 0. The quantitative estimate of drug-likeness (QED) is 0.0667. The van der Waals surface area contributed by atoms with Gasteiger partial charge >= 0.3 is 23.9 Å². The van der Waals surface area contributed by atoms with Crippen LogP contribution in [0.25, 0.3) is 11.1 Å². The first-order chi connectivity index (χ1) is 23.4. The molecule has 0 spiro atoms. The highest BCUT2D eigenvalue weighted by molar-refractivity contribution is 5.93. The number of hydrogen-bond acceptors (Lipinski definition) is 10. The van der Waals surface area contributed by atoms with E-state index < -0.39 is 29.3 Å². The zero-order valence-electron chi connectivity index (χ0n) is 27.5. The van der Waals surface area contributed by atoms with Crippen LogP contribution in [-0.2, 0) is 24.5 Å². The predicted octanol–water partition coefficient (Wildman–Crippen LogP) is 7.18. The molecule has 10 heteroatoms. The molecule has 1 aliphatic carbocycles. The monoisotopic (exact) mass is 662 g/mol. The fraction of sp³-hybridized carbons (Fsp3) is 0.179. The fourth-order valence-corrected chi connectivity index (χ4v) is 5.45. The Bertz CT molecular complexity index is 1850. The average Bonchev–Trinajstić information content (AvgIpc) is 3.30. The van der Waals surface area contributed by atoms with E-state index in [2.05, 4.69) is 27.0 Å². The van der Waals surface area contributed by atoms with Crippen LogP contribution in [0.5, 0.6) is 23.0 Å². The fourth-order valence-electron chi connectivity index (χ4n) is 5.45. The maximum atomic E-state index is 13.1. The Morgan fingerprint density at radius 1 is 0.612 bits per heavy atom. The SMILES string of the molecule is C=CC(=O)OCOc1ccc(C(=O)Oc2ccc3c(c2)C(C)(C)c2cc(OC(=O)c4ccc(OCOC(=O)C=C)c(C)c4)ccc2-3)cc1C. The van der Waals surface area contributed by atoms with Crippen molar-refractivity contribution in [3.05, 3.63) is 131 Å². The second kappa shape index (κ2) is 14.3. The summed E-state index contributed by atoms with van der Waals surface area (Å²) in [7, 11) is 0. The van der Waals surface area contributed by atoms with Gasteiger partial charge in [0.15, 0.2) is 0 Å². The van der Waals surface area contributed by atoms with Crippen molar-refractivity contribution < 1.29 is 47.6 Å². The average molecular weight is 663 g/mol. The molecule has 0 amide bonds. The molecule has 4 aromatic rings. The van der Waals surface area contributed by atoms with Crippen LogP contribution in [0.15, 0.2) is 98.1 Å². The number of fused-ring (bicyclic) bond motifs is 3. The van der Waals surface area contributed by atoms with Gasteiger partial charge in [0.05, 0.1) is 11.1 Å². The van der Waals surface area contributed by atoms with Crippen molar-refractivity contribution in [2.45, 2.75) is 33.1 Å². The second-order valence-corrected chi connectivity index (χ2v) is 11.6. The van der Waals surface area contributed by atoms with Crippen LogP contribution >= 0.6 is 0 Å². The molecule has 0 aromatic heterocycles. The molecule has 10 nitrogen and oxygen atoms in total. The maximum Gasteiger partial charge on any atom is 0.343 e. The molecule has 0 bridgehead atoms. The number of ether oxygens (including phenoxy) is 6. The summed E-state index contributed by atoms with van der Waals surface area (Å²) in [6.45, 7) is 13.7. The van der Waals surface area contributed by atoms with Crippen molar-refractivity contribution in [3.63, 3.8) is 0 Å². The van der Waals surface area contributed by atoms with Crippen LogP contribution in [-0.4, -0.2) is 37.5 Å². The molecule has 0 fully saturated rings. The van der Waals surface area contributed by atoms with Crippen molar-refractivity contribution in [2.75, 3.05) is 13.6 Å². The highest BCUT2D eigenvalue weighted by Crippen LogP contribution is 2.50. The number of hydrogen-bond donors (Lipinski definition) is 0. The number of esters is 4. The summed E-state index contributed by atoms with van der Waals surface area (Å²) in [6, 6.07) is 20.6. The zero-order chi connectivity index (χ0) is 35.3. The lowest BCUT2D eigenvalue weighted by atomic mass is 9.82. The van der Waals surface area contributed by atoms with E-state index in [1.165, 1.54) is 0 Å². The molecule has 1 aliphatic rings. The zero-order valence-corrected chi connectivity index (χ0v) is 27.5. The first kappa shape index (κ1) is 34.2. The topological polar surface area (TPSA) is 124 Å². The third-order valence-corrected chi connectivity index (χ3v) is 8.03. The van der Waals surface area contributed by atoms with Crippen LogP contribution < -0.4 is 18.9 Å². The molecule has 0 unspecified atom stereocenters. The minimum Gasteiger partial charge on any atom is -0.457 e. The lowest BCUT2D eigenvalue weighted by Gasteiger charge is -2.22. The largest absolute Gasteiger partial charge is 0.457 e. The molecule has 0 saturated heterocycles. The number of carbonyl (C=O) groups is 4. The molecule has 0 heterocycles. The Morgan fingerprint density at radius 3 is 1.39 bits per heavy atom. The third kappa shape index (κ3) is 7.54. The lowest BCUT2D eigenvalue weighted by Crippen LogP contribution is -2.16. The maximum absolute atomic E-state index is 13.1. The molecule has 0 radical (unpaired) electrons. The number of benzene rings is 4. The molecule has 4 aromatic carbocycles. The van der Waals surface area contributed by atoms with Crippen molar-refractivity contribution in [2.24, 2.45) is 0 Å². The Balaban J connectivity index is 1.26. The van der Waals surface area contributed by atoms with Crippen molar-refractivity contribution in [1.29, 1.82) is 0 Å². The Labute approximate surface area is 283 Å². The summed E-state index contributed by atoms with van der Waals surface area (Å²) < 4.78 is 32.1. The van der Waals surface area contributed by atoms with Crippen LogP contribution in [0.4, 0.5) is 0 Å². The van der Waals surface area contributed by atoms with Gasteiger partial charge in [-0.3, -0.25) is 0 Å². The molecule has 0 N–H and O–H groups in total. The highest BCUT2D eigenvalue weighted by atomic mass is 16.7. The van der Waals surface area contributed by atoms with Gasteiger partial charge in [-0.1, -0.05) is 39.1 Å². The molecule has 0 aliphatic heterocycles. The predicted molar refractivity (Wildman–Crippen MR) is 180 cm³/mol. The van der Waals surface area contributed by atoms with E-state index in [1.807, 2.05) is 24.3 Å². The van der Waals surface area contributed by atoms with Crippen LogP contribution in [0.2, 0.25) is 0 Å². The smallest absolute Gasteiger partial charge is 0.343 e. The van der Waals surface area contributed by atoms with Crippen LogP contribution in [0.3, 0.4) is 0 Å². The number of aryl methyl sites for hydroxylation is 2. The minimum atomic E-state index is -0.601. The normalized spacial score (nSPS) is 12.1. The lowest BCUT2D eigenvalue weighted by molar-refractivity contribution is -0.145. The summed E-state index contributed by atoms with van der Waals surface area (Å²) in [6.07, 6.45) is 2.08. The summed E-state index contributed by atoms with van der Waals surface area (Å²) in [5, 5.41) is 0. The van der Waals surface area contributed by atoms with Gasteiger partial charge in [0.25, 0.3) is 0 Å². The molecule has 0 saturated carbocycles. The van der Waals surface area contributed by atoms with Gasteiger partial charge in [0.2, 0.25) is 13.6 Å². The summed E-state index contributed by atoms with van der Waals surface area (Å²) in [4.78, 5) is 48.6. The highest BCUT2D eigenvalue weighted by Gasteiger charge is 2.36. The van der Waals surface area contributed by atoms with E-state index >= 15 is 0 Å². The van der Waals surface area contributed by atoms with Gasteiger partial charge in [-0.2, -0.15) is 0 Å². The van der Waals surface area contributed by atoms with Gasteiger partial charge < -0.3 is 28.4 Å². The number of carbonyl (C=O) groups excluding carboxylic acids is 4. The Kier molecular flexibility index (Phi) is 9.98. The van der Waals surface area contributed by atoms with E-state index in [0.717, 1.165) is 34.4 Å². The Morgan fingerprint density at radius 2 is 1.02 bits per heavy atom. The van der Waals surface area contributed by atoms with Gasteiger partial charge in [0.1, 0.15) is 23.0 Å². The standard InChI is InChI=1S/C39H34O10/c1-7-35(40)46-21-44-33-15-9-25(17-23(33)3)37(42)48-27-11-13-29-30-14-12-28(20-32(30)39(5,6)31(29)19-27)49-38(43)26-10-16-34(24(4)18-26)45-22-47-36(41)8-2/h7-20H,1-2,21-22H2,3-6H3. The van der Waals surface area contributed by atoms with E-state index in [0.29, 0.717) is 45.3 Å². The third-order valence-electron chi connectivity index (χ3n) is 8.03. The molecule has 5 rings (SSSR count). The molecule has 0 atom stereocenters. The first-order valence-electron chi connectivity index (χ1n) is 15.2. The molecular formula is C39H34O10. The summed E-state index contributed by atoms with van der Waals surface area (Å²) in [5.74, 6) is -0.606. The van der Waals surface area contributed by atoms with Crippen molar-refractivity contribution in [3.8, 4) is 34.1 Å². The van der Waals surface area contributed by atoms with E-state index in [1.54, 1.807) is 62.4 Å². The second-order valence-electron chi connectivity index (χ2n) is 11.6. The van der Waals surface area contributed by atoms with Crippen molar-refractivity contribution >= 4 is 23.9 Å². The van der Waals surface area contributed by atoms with Gasteiger partial charge in [-0.25, -0.2) is 19.2 Å². The van der Waals surface area contributed by atoms with Crippen LogP contribution in [0, 0.1) is 13.8 Å². The van der Waals surface area contributed by atoms with E-state index in [-0.39, 0.29) is 13.6 Å². The molecular weight excluding hydrogens is 628 g/mol. The van der Waals surface area contributed by atoms with Gasteiger partial charge in [-0.15, -0.1) is 0 Å². The first-order valence-corrected chi connectivity index (χ1v) is 15.2. The Hall–Kier alpha value is -6.16. The minimum absolute atomic E-state index is 0.282. The molecule has 250 valence electrons. The number of rotatable bonds is 12. The van der Waals surface area contributed by atoms with Crippen LogP contribution in [0.1, 0.15) is 56.8 Å². The van der Waals surface area contributed by atoms with Gasteiger partial charge in [0, 0.05) is 17.6 Å².